The first kappa shape index (κ1) is 20.2. The Morgan fingerprint density at radius 1 is 1.25 bits per heavy atom. The van der Waals surface area contributed by atoms with E-state index in [1.165, 1.54) is 4.90 Å². The van der Waals surface area contributed by atoms with Crippen LogP contribution in [0.15, 0.2) is 18.2 Å². The van der Waals surface area contributed by atoms with E-state index in [-0.39, 0.29) is 25.4 Å². The number of anilines is 1. The van der Waals surface area contributed by atoms with Crippen LogP contribution in [0.2, 0.25) is 0 Å². The summed E-state index contributed by atoms with van der Waals surface area (Å²) < 4.78 is 40.0. The molecule has 2 aliphatic heterocycles. The molecule has 152 valence electrons. The molecule has 0 radical (unpaired) electrons. The maximum absolute atomic E-state index is 13.3. The van der Waals surface area contributed by atoms with Crippen LogP contribution in [0, 0.1) is 25.2 Å². The molecule has 28 heavy (non-hydrogen) atoms. The van der Waals surface area contributed by atoms with Gasteiger partial charge >= 0.3 is 12.1 Å². The molecule has 2 saturated heterocycles. The molecule has 0 spiro atoms. The molecule has 1 aromatic carbocycles. The minimum atomic E-state index is -4.95. The third kappa shape index (κ3) is 3.12. The third-order valence-corrected chi connectivity index (χ3v) is 5.87. The fourth-order valence-corrected chi connectivity index (χ4v) is 3.92. The van der Waals surface area contributed by atoms with Crippen molar-refractivity contribution < 1.29 is 32.7 Å². The molecule has 0 bridgehead atoms. The highest BCUT2D eigenvalue weighted by Crippen LogP contribution is 2.46. The summed E-state index contributed by atoms with van der Waals surface area (Å²) in [6.07, 6.45) is -5.74. The largest absolute Gasteiger partial charge is 0.481 e. The molecule has 2 unspecified atom stereocenters. The van der Waals surface area contributed by atoms with Gasteiger partial charge in [0.25, 0.3) is 0 Å². The van der Waals surface area contributed by atoms with Gasteiger partial charge in [-0.3, -0.25) is 14.4 Å². The van der Waals surface area contributed by atoms with Crippen LogP contribution < -0.4 is 4.90 Å². The van der Waals surface area contributed by atoms with Gasteiger partial charge in [0, 0.05) is 31.7 Å². The summed E-state index contributed by atoms with van der Waals surface area (Å²) in [5.41, 5.74) is -0.391. The van der Waals surface area contributed by atoms with Gasteiger partial charge in [-0.2, -0.15) is 13.2 Å². The van der Waals surface area contributed by atoms with Gasteiger partial charge in [-0.15, -0.1) is 0 Å². The van der Waals surface area contributed by atoms with Crippen LogP contribution >= 0.6 is 0 Å². The van der Waals surface area contributed by atoms with Crippen LogP contribution in [0.4, 0.5) is 18.9 Å². The molecule has 9 heteroatoms. The minimum Gasteiger partial charge on any atom is -0.481 e. The predicted octanol–water partition coefficient (Wildman–Crippen LogP) is 2.52. The topological polar surface area (TPSA) is 77.9 Å². The van der Waals surface area contributed by atoms with Gasteiger partial charge in [-0.1, -0.05) is 12.1 Å². The minimum absolute atomic E-state index is 0.0740. The van der Waals surface area contributed by atoms with E-state index < -0.39 is 42.4 Å². The molecule has 3 rings (SSSR count). The standard InChI is InChI=1S/C19H21F3N2O4/c1-11-4-3-5-14(12(11)2)24-9-13(8-15(24)25)16(26)23-7-6-18(10-23,17(27)28)19(20,21)22/h3-5,13H,6-10H2,1-2H3,(H,27,28). The van der Waals surface area contributed by atoms with Crippen molar-refractivity contribution in [3.05, 3.63) is 29.3 Å². The van der Waals surface area contributed by atoms with Crippen molar-refractivity contribution in [1.82, 2.24) is 4.90 Å². The van der Waals surface area contributed by atoms with Crippen molar-refractivity contribution in [2.75, 3.05) is 24.5 Å². The molecule has 2 heterocycles. The predicted molar refractivity (Wildman–Crippen MR) is 93.7 cm³/mol. The second-order valence-corrected chi connectivity index (χ2v) is 7.52. The number of amides is 2. The van der Waals surface area contributed by atoms with Gasteiger partial charge in [-0.25, -0.2) is 0 Å². The Labute approximate surface area is 159 Å². The SMILES string of the molecule is Cc1cccc(N2CC(C(=O)N3CCC(C(=O)O)(C(F)(F)F)C3)CC2=O)c1C. The van der Waals surface area contributed by atoms with Gasteiger partial charge in [0.2, 0.25) is 11.8 Å². The van der Waals surface area contributed by atoms with Crippen molar-refractivity contribution in [3.8, 4) is 0 Å². The van der Waals surface area contributed by atoms with Crippen LogP contribution in [-0.4, -0.2) is 53.6 Å². The summed E-state index contributed by atoms with van der Waals surface area (Å²) in [5.74, 6) is -3.64. The van der Waals surface area contributed by atoms with E-state index in [4.69, 9.17) is 5.11 Å². The van der Waals surface area contributed by atoms with Gasteiger partial charge in [0.1, 0.15) is 0 Å². The number of hydrogen-bond donors (Lipinski definition) is 1. The van der Waals surface area contributed by atoms with Gasteiger partial charge in [0.15, 0.2) is 5.41 Å². The fourth-order valence-electron chi connectivity index (χ4n) is 3.92. The molecule has 1 aromatic rings. The lowest BCUT2D eigenvalue weighted by atomic mass is 9.86. The van der Waals surface area contributed by atoms with E-state index in [0.717, 1.165) is 16.0 Å². The Hall–Kier alpha value is -2.58. The number of aryl methyl sites for hydroxylation is 1. The Bertz CT molecular complexity index is 839. The quantitative estimate of drug-likeness (QED) is 0.849. The highest BCUT2D eigenvalue weighted by molar-refractivity contribution is 6.01. The molecule has 2 atom stereocenters. The highest BCUT2D eigenvalue weighted by atomic mass is 19.4. The molecular weight excluding hydrogens is 377 g/mol. The van der Waals surface area contributed by atoms with Crippen LogP contribution in [0.3, 0.4) is 0 Å². The smallest absolute Gasteiger partial charge is 0.406 e. The molecule has 0 saturated carbocycles. The zero-order valence-corrected chi connectivity index (χ0v) is 15.5. The molecule has 2 aliphatic rings. The summed E-state index contributed by atoms with van der Waals surface area (Å²) in [5, 5.41) is 9.13. The number of rotatable bonds is 3. The summed E-state index contributed by atoms with van der Waals surface area (Å²) in [4.78, 5) is 38.9. The Kier molecular flexibility index (Phi) is 4.89. The van der Waals surface area contributed by atoms with E-state index in [1.807, 2.05) is 19.9 Å². The Balaban J connectivity index is 1.77. The number of alkyl halides is 3. The normalized spacial score (nSPS) is 25.5. The fraction of sp³-hybridized carbons (Fsp3) is 0.526. The molecule has 1 N–H and O–H groups in total. The zero-order chi connectivity index (χ0) is 20.9. The van der Waals surface area contributed by atoms with Crippen molar-refractivity contribution in [2.24, 2.45) is 11.3 Å². The summed E-state index contributed by atoms with van der Waals surface area (Å²) in [7, 11) is 0. The Morgan fingerprint density at radius 2 is 1.93 bits per heavy atom. The molecular formula is C19H21F3N2O4. The van der Waals surface area contributed by atoms with Crippen molar-refractivity contribution in [3.63, 3.8) is 0 Å². The lowest BCUT2D eigenvalue weighted by Crippen LogP contribution is -2.48. The number of carbonyl (C=O) groups is 3. The van der Waals surface area contributed by atoms with E-state index in [1.54, 1.807) is 12.1 Å². The van der Waals surface area contributed by atoms with Crippen LogP contribution in [0.5, 0.6) is 0 Å². The number of benzene rings is 1. The Morgan fingerprint density at radius 3 is 2.50 bits per heavy atom. The average Bonchev–Trinajstić information content (AvgIpc) is 3.21. The van der Waals surface area contributed by atoms with Crippen molar-refractivity contribution in [2.45, 2.75) is 32.9 Å². The average molecular weight is 398 g/mol. The number of carboxylic acid groups (broad SMARTS) is 1. The highest BCUT2D eigenvalue weighted by Gasteiger charge is 2.64. The lowest BCUT2D eigenvalue weighted by Gasteiger charge is -2.28. The van der Waals surface area contributed by atoms with Crippen LogP contribution in [0.1, 0.15) is 24.0 Å². The number of aliphatic carboxylic acids is 1. The maximum Gasteiger partial charge on any atom is 0.406 e. The molecule has 2 fully saturated rings. The maximum atomic E-state index is 13.3. The van der Waals surface area contributed by atoms with E-state index in [0.29, 0.717) is 5.69 Å². The lowest BCUT2D eigenvalue weighted by molar-refractivity contribution is -0.227. The molecule has 0 aromatic heterocycles. The van der Waals surface area contributed by atoms with Crippen LogP contribution in [-0.2, 0) is 14.4 Å². The molecule has 2 amide bonds. The molecule has 6 nitrogen and oxygen atoms in total. The first-order chi connectivity index (χ1) is 13.0. The van der Waals surface area contributed by atoms with Gasteiger partial charge in [-0.05, 0) is 37.5 Å². The first-order valence-corrected chi connectivity index (χ1v) is 8.93. The van der Waals surface area contributed by atoms with Crippen LogP contribution in [0.25, 0.3) is 0 Å². The van der Waals surface area contributed by atoms with E-state index in [9.17, 15) is 27.6 Å². The second-order valence-electron chi connectivity index (χ2n) is 7.52. The number of halogens is 3. The first-order valence-electron chi connectivity index (χ1n) is 8.93. The number of hydrogen-bond acceptors (Lipinski definition) is 3. The number of carbonyl (C=O) groups excluding carboxylic acids is 2. The summed E-state index contributed by atoms with van der Waals surface area (Å²) >= 11 is 0. The van der Waals surface area contributed by atoms with E-state index >= 15 is 0 Å². The van der Waals surface area contributed by atoms with E-state index in [2.05, 4.69) is 0 Å². The summed E-state index contributed by atoms with van der Waals surface area (Å²) in [6.45, 7) is 2.62. The molecule has 0 aliphatic carbocycles. The number of carboxylic acids is 1. The van der Waals surface area contributed by atoms with Gasteiger partial charge in [0.05, 0.1) is 5.92 Å². The van der Waals surface area contributed by atoms with Crippen molar-refractivity contribution >= 4 is 23.5 Å². The monoisotopic (exact) mass is 398 g/mol. The van der Waals surface area contributed by atoms with Crippen molar-refractivity contribution in [1.29, 1.82) is 0 Å². The third-order valence-electron chi connectivity index (χ3n) is 5.87. The number of nitrogens with zero attached hydrogens (tertiary/aromatic N) is 2. The summed E-state index contributed by atoms with van der Waals surface area (Å²) in [6, 6.07) is 5.46. The second kappa shape index (κ2) is 6.79. The van der Waals surface area contributed by atoms with Gasteiger partial charge < -0.3 is 14.9 Å². The zero-order valence-electron chi connectivity index (χ0n) is 15.5. The number of likely N-dealkylation sites (tertiary alicyclic amines) is 1.